The number of esters is 1. The Hall–Kier alpha value is -3.10. The normalized spacial score (nSPS) is 11.0. The zero-order valence-corrected chi connectivity index (χ0v) is 15.0. The molecule has 0 unspecified atom stereocenters. The minimum absolute atomic E-state index is 0.282. The second-order valence-electron chi connectivity index (χ2n) is 5.09. The highest BCUT2D eigenvalue weighted by Gasteiger charge is 2.20. The standard InChI is InChI=1S/C17H23N3O6/c1-4-18-17(24)20-15(22)11(3)26-14(21)10-19-16(23)12-8-6-7-9-13(12)25-5-2/h6-9,11H,4-5,10H2,1-3H3,(H,19,23)(H2,18,20,22,24)/t11-/m1/s1. The molecule has 0 radical (unpaired) electrons. The third kappa shape index (κ3) is 6.80. The summed E-state index contributed by atoms with van der Waals surface area (Å²) in [6.07, 6.45) is -1.18. The fraction of sp³-hybridized carbons (Fsp3) is 0.412. The molecule has 0 aromatic heterocycles. The van der Waals surface area contributed by atoms with Gasteiger partial charge in [0.05, 0.1) is 12.2 Å². The summed E-state index contributed by atoms with van der Waals surface area (Å²) in [5, 5.41) is 6.80. The van der Waals surface area contributed by atoms with Crippen LogP contribution in [0.1, 0.15) is 31.1 Å². The van der Waals surface area contributed by atoms with Crippen LogP contribution in [0.25, 0.3) is 0 Å². The van der Waals surface area contributed by atoms with Crippen LogP contribution >= 0.6 is 0 Å². The third-order valence-electron chi connectivity index (χ3n) is 3.08. The van der Waals surface area contributed by atoms with E-state index in [1.54, 1.807) is 38.1 Å². The molecule has 9 nitrogen and oxygen atoms in total. The first-order chi connectivity index (χ1) is 12.4. The average molecular weight is 365 g/mol. The molecule has 0 spiro atoms. The lowest BCUT2D eigenvalue weighted by molar-refractivity contribution is -0.153. The summed E-state index contributed by atoms with van der Waals surface area (Å²) in [7, 11) is 0. The topological polar surface area (TPSA) is 123 Å². The molecule has 0 fully saturated rings. The fourth-order valence-corrected chi connectivity index (χ4v) is 1.89. The van der Waals surface area contributed by atoms with Crippen LogP contribution in [0.4, 0.5) is 4.79 Å². The van der Waals surface area contributed by atoms with Gasteiger partial charge in [-0.15, -0.1) is 0 Å². The molecule has 1 aromatic carbocycles. The van der Waals surface area contributed by atoms with Crippen molar-refractivity contribution >= 4 is 23.8 Å². The van der Waals surface area contributed by atoms with E-state index in [0.29, 0.717) is 18.9 Å². The van der Waals surface area contributed by atoms with Crippen LogP contribution in [0.5, 0.6) is 5.75 Å². The van der Waals surface area contributed by atoms with Crippen LogP contribution in [-0.4, -0.2) is 49.6 Å². The second-order valence-corrected chi connectivity index (χ2v) is 5.09. The molecule has 9 heteroatoms. The van der Waals surface area contributed by atoms with Crippen LogP contribution in [0.15, 0.2) is 24.3 Å². The molecule has 0 aliphatic heterocycles. The van der Waals surface area contributed by atoms with Crippen LogP contribution in [0.2, 0.25) is 0 Å². The van der Waals surface area contributed by atoms with Gasteiger partial charge >= 0.3 is 12.0 Å². The zero-order chi connectivity index (χ0) is 19.5. The summed E-state index contributed by atoms with van der Waals surface area (Å²) in [6, 6.07) is 5.92. The smallest absolute Gasteiger partial charge is 0.326 e. The van der Waals surface area contributed by atoms with Crippen molar-refractivity contribution in [1.82, 2.24) is 16.0 Å². The molecule has 0 saturated heterocycles. The predicted octanol–water partition coefficient (Wildman–Crippen LogP) is 0.593. The zero-order valence-electron chi connectivity index (χ0n) is 15.0. The van der Waals surface area contributed by atoms with Gasteiger partial charge in [-0.05, 0) is 32.9 Å². The summed E-state index contributed by atoms with van der Waals surface area (Å²) in [6.45, 7) is 5.11. The molecule has 1 rings (SSSR count). The minimum Gasteiger partial charge on any atom is -0.493 e. The highest BCUT2D eigenvalue weighted by Crippen LogP contribution is 2.17. The molecule has 3 N–H and O–H groups in total. The largest absolute Gasteiger partial charge is 0.493 e. The molecule has 0 bridgehead atoms. The summed E-state index contributed by atoms with van der Waals surface area (Å²) in [5.74, 6) is -1.69. The Morgan fingerprint density at radius 2 is 1.77 bits per heavy atom. The first kappa shape index (κ1) is 20.9. The summed E-state index contributed by atoms with van der Waals surface area (Å²) < 4.78 is 10.2. The first-order valence-corrected chi connectivity index (χ1v) is 8.17. The van der Waals surface area contributed by atoms with Gasteiger partial charge in [0.2, 0.25) is 0 Å². The summed E-state index contributed by atoms with van der Waals surface area (Å²) in [5.41, 5.74) is 0.282. The highest BCUT2D eigenvalue weighted by molar-refractivity contribution is 5.99. The molecule has 142 valence electrons. The van der Waals surface area contributed by atoms with Gasteiger partial charge in [0.15, 0.2) is 6.10 Å². The van der Waals surface area contributed by atoms with E-state index in [1.807, 2.05) is 5.32 Å². The van der Waals surface area contributed by atoms with E-state index in [9.17, 15) is 19.2 Å². The highest BCUT2D eigenvalue weighted by atomic mass is 16.5. The van der Waals surface area contributed by atoms with Gasteiger partial charge in [-0.3, -0.25) is 19.7 Å². The molecule has 1 aromatic rings. The maximum absolute atomic E-state index is 12.2. The van der Waals surface area contributed by atoms with Gasteiger partial charge in [0.1, 0.15) is 12.3 Å². The number of rotatable bonds is 8. The fourth-order valence-electron chi connectivity index (χ4n) is 1.89. The molecule has 0 aliphatic rings. The van der Waals surface area contributed by atoms with Gasteiger partial charge in [-0.25, -0.2) is 4.79 Å². The average Bonchev–Trinajstić information content (AvgIpc) is 2.60. The number of hydrogen-bond acceptors (Lipinski definition) is 6. The molecular weight excluding hydrogens is 342 g/mol. The second kappa shape index (κ2) is 10.7. The number of imide groups is 1. The number of nitrogens with one attached hydrogen (secondary N) is 3. The third-order valence-corrected chi connectivity index (χ3v) is 3.08. The van der Waals surface area contributed by atoms with E-state index >= 15 is 0 Å². The Bertz CT molecular complexity index is 662. The van der Waals surface area contributed by atoms with Crippen LogP contribution in [0, 0.1) is 0 Å². The maximum Gasteiger partial charge on any atom is 0.326 e. The van der Waals surface area contributed by atoms with E-state index in [4.69, 9.17) is 9.47 Å². The summed E-state index contributed by atoms with van der Waals surface area (Å²) >= 11 is 0. The Labute approximate surface area is 151 Å². The number of benzene rings is 1. The van der Waals surface area contributed by atoms with Crippen molar-refractivity contribution in [2.75, 3.05) is 19.7 Å². The minimum atomic E-state index is -1.18. The van der Waals surface area contributed by atoms with Crippen molar-refractivity contribution in [3.05, 3.63) is 29.8 Å². The van der Waals surface area contributed by atoms with Crippen LogP contribution < -0.4 is 20.7 Å². The SMILES string of the molecule is CCNC(=O)NC(=O)[C@@H](C)OC(=O)CNC(=O)c1ccccc1OCC. The predicted molar refractivity (Wildman–Crippen MR) is 92.7 cm³/mol. The number of hydrogen-bond donors (Lipinski definition) is 3. The molecule has 0 aliphatic carbocycles. The maximum atomic E-state index is 12.2. The molecule has 4 amide bonds. The lowest BCUT2D eigenvalue weighted by Gasteiger charge is -2.14. The lowest BCUT2D eigenvalue weighted by Crippen LogP contribution is -2.45. The number of amides is 4. The Morgan fingerprint density at radius 1 is 1.08 bits per heavy atom. The van der Waals surface area contributed by atoms with Gasteiger partial charge < -0.3 is 20.1 Å². The van der Waals surface area contributed by atoms with Crippen LogP contribution in [-0.2, 0) is 14.3 Å². The van der Waals surface area contributed by atoms with E-state index in [1.165, 1.54) is 6.92 Å². The van der Waals surface area contributed by atoms with Gasteiger partial charge in [-0.1, -0.05) is 12.1 Å². The molecule has 0 saturated carbocycles. The van der Waals surface area contributed by atoms with Crippen molar-refractivity contribution in [1.29, 1.82) is 0 Å². The van der Waals surface area contributed by atoms with Crippen molar-refractivity contribution in [2.45, 2.75) is 26.9 Å². The molecule has 0 heterocycles. The first-order valence-electron chi connectivity index (χ1n) is 8.17. The number of para-hydroxylation sites is 1. The quantitative estimate of drug-likeness (QED) is 0.580. The molecular formula is C17H23N3O6. The van der Waals surface area contributed by atoms with E-state index < -0.39 is 36.5 Å². The Morgan fingerprint density at radius 3 is 2.42 bits per heavy atom. The Balaban J connectivity index is 2.50. The van der Waals surface area contributed by atoms with E-state index in [0.717, 1.165) is 0 Å². The van der Waals surface area contributed by atoms with Crippen LogP contribution in [0.3, 0.4) is 0 Å². The molecule has 1 atom stereocenters. The monoisotopic (exact) mass is 365 g/mol. The van der Waals surface area contributed by atoms with Crippen molar-refractivity contribution in [2.24, 2.45) is 0 Å². The van der Waals surface area contributed by atoms with Crippen molar-refractivity contribution in [3.63, 3.8) is 0 Å². The molecule has 26 heavy (non-hydrogen) atoms. The number of carbonyl (C=O) groups is 4. The van der Waals surface area contributed by atoms with E-state index in [-0.39, 0.29) is 5.56 Å². The number of carbonyl (C=O) groups excluding carboxylic acids is 4. The van der Waals surface area contributed by atoms with E-state index in [2.05, 4.69) is 10.6 Å². The van der Waals surface area contributed by atoms with Crippen molar-refractivity contribution in [3.8, 4) is 5.75 Å². The van der Waals surface area contributed by atoms with Gasteiger partial charge in [0, 0.05) is 6.54 Å². The summed E-state index contributed by atoms with van der Waals surface area (Å²) in [4.78, 5) is 46.9. The Kier molecular flexibility index (Phi) is 8.62. The lowest BCUT2D eigenvalue weighted by atomic mass is 10.2. The van der Waals surface area contributed by atoms with Gasteiger partial charge in [-0.2, -0.15) is 0 Å². The number of ether oxygens (including phenoxy) is 2. The number of urea groups is 1. The van der Waals surface area contributed by atoms with Crippen molar-refractivity contribution < 1.29 is 28.7 Å². The van der Waals surface area contributed by atoms with Gasteiger partial charge in [0.25, 0.3) is 11.8 Å².